The summed E-state index contributed by atoms with van der Waals surface area (Å²) in [5.74, 6) is 2.04. The lowest BCUT2D eigenvalue weighted by Gasteiger charge is -1.96. The number of ether oxygens (including phenoxy) is 1. The second kappa shape index (κ2) is 4.03. The highest BCUT2D eigenvalue weighted by Crippen LogP contribution is 2.12. The first-order valence-electron chi connectivity index (χ1n) is 4.61. The van der Waals surface area contributed by atoms with Crippen LogP contribution < -0.4 is 0 Å². The number of terminal acetylenes is 1. The van der Waals surface area contributed by atoms with E-state index in [-0.39, 0.29) is 0 Å². The van der Waals surface area contributed by atoms with Gasteiger partial charge in [-0.1, -0.05) is 5.92 Å². The van der Waals surface area contributed by atoms with E-state index in [0.29, 0.717) is 23.1 Å². The SMILES string of the molecule is C#CCn1nc2ccc(C(=O)OC)cc2n1. The summed E-state index contributed by atoms with van der Waals surface area (Å²) >= 11 is 0. The molecule has 0 fully saturated rings. The van der Waals surface area contributed by atoms with Gasteiger partial charge in [0.1, 0.15) is 17.6 Å². The Labute approximate surface area is 92.0 Å². The maximum absolute atomic E-state index is 11.3. The highest BCUT2D eigenvalue weighted by atomic mass is 16.5. The molecule has 1 aromatic heterocycles. The number of esters is 1. The Kier molecular flexibility index (Phi) is 2.56. The molecule has 0 bridgehead atoms. The van der Waals surface area contributed by atoms with Crippen molar-refractivity contribution < 1.29 is 9.53 Å². The van der Waals surface area contributed by atoms with E-state index in [0.717, 1.165) is 0 Å². The number of nitrogens with zero attached hydrogens (tertiary/aromatic N) is 3. The Morgan fingerprint density at radius 3 is 2.94 bits per heavy atom. The van der Waals surface area contributed by atoms with Crippen LogP contribution in [0, 0.1) is 12.3 Å². The number of fused-ring (bicyclic) bond motifs is 1. The van der Waals surface area contributed by atoms with Crippen molar-refractivity contribution in [3.8, 4) is 12.3 Å². The molecule has 1 heterocycles. The van der Waals surface area contributed by atoms with E-state index < -0.39 is 5.97 Å². The molecule has 2 rings (SSSR count). The topological polar surface area (TPSA) is 57.0 Å². The predicted octanol–water partition coefficient (Wildman–Crippen LogP) is 0.851. The molecule has 2 aromatic rings. The predicted molar refractivity (Wildman–Crippen MR) is 57.7 cm³/mol. The highest BCUT2D eigenvalue weighted by Gasteiger charge is 2.08. The van der Waals surface area contributed by atoms with Crippen molar-refractivity contribution in [1.82, 2.24) is 15.0 Å². The van der Waals surface area contributed by atoms with Crippen LogP contribution >= 0.6 is 0 Å². The second-order valence-corrected chi connectivity index (χ2v) is 3.13. The Balaban J connectivity index is 2.46. The number of aromatic nitrogens is 3. The molecule has 16 heavy (non-hydrogen) atoms. The highest BCUT2D eigenvalue weighted by molar-refractivity contribution is 5.93. The van der Waals surface area contributed by atoms with Gasteiger partial charge in [-0.25, -0.2) is 4.79 Å². The van der Waals surface area contributed by atoms with Crippen LogP contribution in [0.2, 0.25) is 0 Å². The molecule has 0 unspecified atom stereocenters. The first-order chi connectivity index (χ1) is 7.74. The summed E-state index contributed by atoms with van der Waals surface area (Å²) in [5, 5.41) is 8.27. The smallest absolute Gasteiger partial charge is 0.337 e. The Bertz CT molecular complexity index is 580. The fraction of sp³-hybridized carbons (Fsp3) is 0.182. The molecule has 0 saturated carbocycles. The molecule has 1 aromatic carbocycles. The number of carbonyl (C=O) groups is 1. The van der Waals surface area contributed by atoms with Gasteiger partial charge in [0.25, 0.3) is 0 Å². The zero-order valence-electron chi connectivity index (χ0n) is 8.67. The van der Waals surface area contributed by atoms with E-state index in [1.54, 1.807) is 18.2 Å². The van der Waals surface area contributed by atoms with Gasteiger partial charge in [0.2, 0.25) is 0 Å². The van der Waals surface area contributed by atoms with Crippen LogP contribution in [0.3, 0.4) is 0 Å². The van der Waals surface area contributed by atoms with Crippen LogP contribution in [0.5, 0.6) is 0 Å². The van der Waals surface area contributed by atoms with Gasteiger partial charge in [0, 0.05) is 0 Å². The van der Waals surface area contributed by atoms with Gasteiger partial charge in [-0.15, -0.1) is 6.42 Å². The van der Waals surface area contributed by atoms with Crippen molar-refractivity contribution in [1.29, 1.82) is 0 Å². The zero-order valence-corrected chi connectivity index (χ0v) is 8.67. The standard InChI is InChI=1S/C11H9N3O2/c1-3-6-14-12-9-5-4-8(11(15)16-2)7-10(9)13-14/h1,4-5,7H,6H2,2H3. The Morgan fingerprint density at radius 1 is 1.50 bits per heavy atom. The number of rotatable bonds is 2. The monoisotopic (exact) mass is 215 g/mol. The van der Waals surface area contributed by atoms with Gasteiger partial charge in [0.05, 0.1) is 12.7 Å². The van der Waals surface area contributed by atoms with Gasteiger partial charge in [-0.05, 0) is 18.2 Å². The molecule has 0 aliphatic heterocycles. The lowest BCUT2D eigenvalue weighted by atomic mass is 10.2. The zero-order chi connectivity index (χ0) is 11.5. The van der Waals surface area contributed by atoms with Gasteiger partial charge in [-0.3, -0.25) is 0 Å². The van der Waals surface area contributed by atoms with E-state index in [2.05, 4.69) is 20.9 Å². The molecule has 5 nitrogen and oxygen atoms in total. The number of methoxy groups -OCH3 is 1. The van der Waals surface area contributed by atoms with Gasteiger partial charge in [0.15, 0.2) is 0 Å². The Morgan fingerprint density at radius 2 is 2.25 bits per heavy atom. The molecule has 0 radical (unpaired) electrons. The first-order valence-corrected chi connectivity index (χ1v) is 4.61. The van der Waals surface area contributed by atoms with Crippen LogP contribution in [0.1, 0.15) is 10.4 Å². The third kappa shape index (κ3) is 1.73. The van der Waals surface area contributed by atoms with Gasteiger partial charge < -0.3 is 4.74 Å². The van der Waals surface area contributed by atoms with Crippen LogP contribution in [0.25, 0.3) is 11.0 Å². The summed E-state index contributed by atoms with van der Waals surface area (Å²) in [4.78, 5) is 12.7. The molecular formula is C11H9N3O2. The van der Waals surface area contributed by atoms with Crippen molar-refractivity contribution in [3.63, 3.8) is 0 Å². The molecule has 0 aliphatic carbocycles. The number of carbonyl (C=O) groups excluding carboxylic acids is 1. The van der Waals surface area contributed by atoms with E-state index in [9.17, 15) is 4.79 Å². The van der Waals surface area contributed by atoms with Crippen LogP contribution in [0.4, 0.5) is 0 Å². The van der Waals surface area contributed by atoms with Crippen LogP contribution in [0.15, 0.2) is 18.2 Å². The molecule has 0 aliphatic rings. The fourth-order valence-electron chi connectivity index (χ4n) is 1.36. The summed E-state index contributed by atoms with van der Waals surface area (Å²) in [6.45, 7) is 0.308. The van der Waals surface area contributed by atoms with Crippen molar-refractivity contribution in [2.45, 2.75) is 6.54 Å². The molecule has 0 N–H and O–H groups in total. The van der Waals surface area contributed by atoms with Gasteiger partial charge in [-0.2, -0.15) is 15.0 Å². The maximum atomic E-state index is 11.3. The number of hydrogen-bond donors (Lipinski definition) is 0. The van der Waals surface area contributed by atoms with Crippen molar-refractivity contribution >= 4 is 17.0 Å². The maximum Gasteiger partial charge on any atom is 0.337 e. The molecule has 0 spiro atoms. The molecular weight excluding hydrogens is 206 g/mol. The number of hydrogen-bond acceptors (Lipinski definition) is 4. The summed E-state index contributed by atoms with van der Waals surface area (Å²) in [6, 6.07) is 4.98. The largest absolute Gasteiger partial charge is 0.465 e. The van der Waals surface area contributed by atoms with E-state index in [1.807, 2.05) is 0 Å². The average molecular weight is 215 g/mol. The quantitative estimate of drug-likeness (QED) is 0.550. The average Bonchev–Trinajstić information content (AvgIpc) is 2.69. The summed E-state index contributed by atoms with van der Waals surface area (Å²) in [6.07, 6.45) is 5.16. The Hall–Kier alpha value is -2.35. The molecule has 5 heteroatoms. The number of benzene rings is 1. The minimum atomic E-state index is -0.395. The second-order valence-electron chi connectivity index (χ2n) is 3.13. The van der Waals surface area contributed by atoms with Crippen LogP contribution in [-0.4, -0.2) is 28.1 Å². The minimum absolute atomic E-state index is 0.308. The first kappa shape index (κ1) is 10.2. The molecule has 0 amide bonds. The summed E-state index contributed by atoms with van der Waals surface area (Å²) < 4.78 is 4.61. The molecule has 0 saturated heterocycles. The molecule has 0 atom stereocenters. The van der Waals surface area contributed by atoms with E-state index in [1.165, 1.54) is 11.9 Å². The normalized spacial score (nSPS) is 10.0. The summed E-state index contributed by atoms with van der Waals surface area (Å²) in [5.41, 5.74) is 1.77. The van der Waals surface area contributed by atoms with Crippen molar-refractivity contribution in [2.24, 2.45) is 0 Å². The summed E-state index contributed by atoms with van der Waals surface area (Å²) in [7, 11) is 1.34. The van der Waals surface area contributed by atoms with Crippen molar-refractivity contribution in [3.05, 3.63) is 23.8 Å². The minimum Gasteiger partial charge on any atom is -0.465 e. The third-order valence-corrected chi connectivity index (χ3v) is 2.08. The lowest BCUT2D eigenvalue weighted by Crippen LogP contribution is -2.00. The van der Waals surface area contributed by atoms with Gasteiger partial charge >= 0.3 is 5.97 Å². The lowest BCUT2D eigenvalue weighted by molar-refractivity contribution is 0.0601. The van der Waals surface area contributed by atoms with Crippen molar-refractivity contribution in [2.75, 3.05) is 7.11 Å². The van der Waals surface area contributed by atoms with E-state index >= 15 is 0 Å². The fourth-order valence-corrected chi connectivity index (χ4v) is 1.36. The van der Waals surface area contributed by atoms with E-state index in [4.69, 9.17) is 6.42 Å². The van der Waals surface area contributed by atoms with Crippen LogP contribution in [-0.2, 0) is 11.3 Å². The molecule has 80 valence electrons. The third-order valence-electron chi connectivity index (χ3n) is 2.08.